The first kappa shape index (κ1) is 14.9. The maximum Gasteiger partial charge on any atom is 0.276 e. The van der Waals surface area contributed by atoms with Crippen molar-refractivity contribution < 1.29 is 9.85 Å². The van der Waals surface area contributed by atoms with Crippen LogP contribution in [0.3, 0.4) is 0 Å². The van der Waals surface area contributed by atoms with Gasteiger partial charge in [0.25, 0.3) is 11.4 Å². The van der Waals surface area contributed by atoms with E-state index in [-0.39, 0.29) is 22.5 Å². The lowest BCUT2D eigenvalue weighted by molar-refractivity contribution is -0.385. The zero-order valence-corrected chi connectivity index (χ0v) is 11.2. The zero-order chi connectivity index (χ0) is 16.1. The van der Waals surface area contributed by atoms with Crippen LogP contribution in [0.2, 0.25) is 0 Å². The van der Waals surface area contributed by atoms with E-state index in [0.29, 0.717) is 5.56 Å². The number of para-hydroxylation sites is 1. The molecular weight excluding hydrogens is 286 g/mol. The van der Waals surface area contributed by atoms with Gasteiger partial charge in [0, 0.05) is 18.2 Å². The standard InChI is InChI=1S/C15H9N3O4/c16-10-13(11-5-3-6-14(9-11)17(19)20)8-12-4-1-2-7-15(12)18(21)22/h1-9H/b13-8-. The Morgan fingerprint density at radius 3 is 2.41 bits per heavy atom. The van der Waals surface area contributed by atoms with Gasteiger partial charge in [-0.3, -0.25) is 20.2 Å². The van der Waals surface area contributed by atoms with Gasteiger partial charge in [0.15, 0.2) is 0 Å². The summed E-state index contributed by atoms with van der Waals surface area (Å²) in [6.07, 6.45) is 1.34. The Bertz CT molecular complexity index is 822. The summed E-state index contributed by atoms with van der Waals surface area (Å²) >= 11 is 0. The van der Waals surface area contributed by atoms with E-state index in [1.807, 2.05) is 6.07 Å². The van der Waals surface area contributed by atoms with E-state index < -0.39 is 9.85 Å². The molecule has 0 aliphatic heterocycles. The first-order valence-corrected chi connectivity index (χ1v) is 6.13. The van der Waals surface area contributed by atoms with E-state index >= 15 is 0 Å². The maximum absolute atomic E-state index is 11.0. The Hall–Kier alpha value is -3.53. The van der Waals surface area contributed by atoms with E-state index in [1.54, 1.807) is 6.07 Å². The molecule has 0 saturated heterocycles. The second kappa shape index (κ2) is 6.28. The van der Waals surface area contributed by atoms with Crippen molar-refractivity contribution >= 4 is 23.0 Å². The van der Waals surface area contributed by atoms with Gasteiger partial charge >= 0.3 is 0 Å². The van der Waals surface area contributed by atoms with Gasteiger partial charge in [0.2, 0.25) is 0 Å². The van der Waals surface area contributed by atoms with E-state index in [4.69, 9.17) is 0 Å². The molecule has 108 valence electrons. The fourth-order valence-corrected chi connectivity index (χ4v) is 1.90. The highest BCUT2D eigenvalue weighted by molar-refractivity contribution is 5.91. The quantitative estimate of drug-likeness (QED) is 0.370. The average Bonchev–Trinajstić information content (AvgIpc) is 2.52. The largest absolute Gasteiger partial charge is 0.276 e. The molecule has 2 rings (SSSR count). The highest BCUT2D eigenvalue weighted by Gasteiger charge is 2.13. The van der Waals surface area contributed by atoms with Crippen LogP contribution in [-0.4, -0.2) is 9.85 Å². The molecule has 0 spiro atoms. The molecule has 0 fully saturated rings. The summed E-state index contributed by atoms with van der Waals surface area (Å²) in [7, 11) is 0. The summed E-state index contributed by atoms with van der Waals surface area (Å²) in [5.41, 5.74) is 0.408. The number of nitro groups is 2. The SMILES string of the molecule is N#C/C(=C/c1ccccc1[N+](=O)[O-])c1cccc([N+](=O)[O-])c1. The van der Waals surface area contributed by atoms with Crippen molar-refractivity contribution in [3.63, 3.8) is 0 Å². The molecule has 2 aromatic carbocycles. The summed E-state index contributed by atoms with van der Waals surface area (Å²) in [5, 5.41) is 31.0. The second-order valence-electron chi connectivity index (χ2n) is 4.29. The summed E-state index contributed by atoms with van der Waals surface area (Å²) in [4.78, 5) is 20.6. The van der Waals surface area contributed by atoms with E-state index in [1.165, 1.54) is 48.5 Å². The average molecular weight is 295 g/mol. The Balaban J connectivity index is 2.54. The summed E-state index contributed by atoms with van der Waals surface area (Å²) in [6, 6.07) is 13.4. The Morgan fingerprint density at radius 1 is 1.05 bits per heavy atom. The molecule has 0 saturated carbocycles. The maximum atomic E-state index is 11.0. The van der Waals surface area contributed by atoms with Gasteiger partial charge in [-0.2, -0.15) is 5.26 Å². The third-order valence-corrected chi connectivity index (χ3v) is 2.92. The molecular formula is C15H9N3O4. The van der Waals surface area contributed by atoms with Gasteiger partial charge < -0.3 is 0 Å². The van der Waals surface area contributed by atoms with Gasteiger partial charge in [-0.05, 0) is 17.7 Å². The van der Waals surface area contributed by atoms with E-state index in [2.05, 4.69) is 0 Å². The molecule has 2 aromatic rings. The number of hydrogen-bond donors (Lipinski definition) is 0. The lowest BCUT2D eigenvalue weighted by Gasteiger charge is -2.01. The van der Waals surface area contributed by atoms with Crippen LogP contribution in [-0.2, 0) is 0 Å². The van der Waals surface area contributed by atoms with E-state index in [0.717, 1.165) is 0 Å². The van der Waals surface area contributed by atoms with Crippen LogP contribution < -0.4 is 0 Å². The molecule has 0 heterocycles. The highest BCUT2D eigenvalue weighted by Crippen LogP contribution is 2.26. The molecule has 7 nitrogen and oxygen atoms in total. The number of rotatable bonds is 4. The molecule has 0 aliphatic rings. The molecule has 0 aromatic heterocycles. The number of benzene rings is 2. The lowest BCUT2D eigenvalue weighted by Crippen LogP contribution is -1.92. The molecule has 22 heavy (non-hydrogen) atoms. The van der Waals surface area contributed by atoms with Crippen LogP contribution in [0.15, 0.2) is 48.5 Å². The number of nitriles is 1. The number of non-ortho nitro benzene ring substituents is 1. The fourth-order valence-electron chi connectivity index (χ4n) is 1.90. The fraction of sp³-hybridized carbons (Fsp3) is 0. The van der Waals surface area contributed by atoms with Gasteiger partial charge in [-0.15, -0.1) is 0 Å². The minimum absolute atomic E-state index is 0.109. The van der Waals surface area contributed by atoms with Crippen LogP contribution in [0.25, 0.3) is 11.6 Å². The summed E-state index contributed by atoms with van der Waals surface area (Å²) in [5.74, 6) is 0. The normalized spacial score (nSPS) is 10.8. The first-order valence-electron chi connectivity index (χ1n) is 6.13. The molecule has 0 N–H and O–H groups in total. The van der Waals surface area contributed by atoms with Crippen molar-refractivity contribution in [3.8, 4) is 6.07 Å². The zero-order valence-electron chi connectivity index (χ0n) is 11.2. The van der Waals surface area contributed by atoms with Crippen molar-refractivity contribution in [1.82, 2.24) is 0 Å². The summed E-state index contributed by atoms with van der Waals surface area (Å²) < 4.78 is 0. The third kappa shape index (κ3) is 3.13. The molecule has 0 aliphatic carbocycles. The lowest BCUT2D eigenvalue weighted by atomic mass is 10.0. The van der Waals surface area contributed by atoms with E-state index in [9.17, 15) is 25.5 Å². The number of allylic oxidation sites excluding steroid dienone is 1. The first-order chi connectivity index (χ1) is 10.5. The molecule has 7 heteroatoms. The molecule has 0 unspecified atom stereocenters. The van der Waals surface area contributed by atoms with Crippen molar-refractivity contribution in [2.24, 2.45) is 0 Å². The van der Waals surface area contributed by atoms with Crippen molar-refractivity contribution in [3.05, 3.63) is 79.9 Å². The predicted molar refractivity (Wildman–Crippen MR) is 79.7 cm³/mol. The number of nitrogens with zero attached hydrogens (tertiary/aromatic N) is 3. The Labute approximate surface area is 125 Å². The number of nitro benzene ring substituents is 2. The van der Waals surface area contributed by atoms with Gasteiger partial charge in [0.1, 0.15) is 0 Å². The van der Waals surface area contributed by atoms with Gasteiger partial charge in [0.05, 0.1) is 27.1 Å². The summed E-state index contributed by atoms with van der Waals surface area (Å²) in [6.45, 7) is 0. The van der Waals surface area contributed by atoms with Crippen LogP contribution in [0.4, 0.5) is 11.4 Å². The van der Waals surface area contributed by atoms with Gasteiger partial charge in [-0.1, -0.05) is 24.3 Å². The third-order valence-electron chi connectivity index (χ3n) is 2.92. The molecule has 0 amide bonds. The Morgan fingerprint density at radius 2 is 1.77 bits per heavy atom. The molecule has 0 radical (unpaired) electrons. The van der Waals surface area contributed by atoms with Crippen LogP contribution in [0.5, 0.6) is 0 Å². The predicted octanol–water partition coefficient (Wildman–Crippen LogP) is 3.57. The van der Waals surface area contributed by atoms with Crippen LogP contribution >= 0.6 is 0 Å². The molecule has 0 bridgehead atoms. The monoisotopic (exact) mass is 295 g/mol. The second-order valence-corrected chi connectivity index (χ2v) is 4.29. The molecule has 0 atom stereocenters. The number of hydrogen-bond acceptors (Lipinski definition) is 5. The van der Waals surface area contributed by atoms with Crippen LogP contribution in [0.1, 0.15) is 11.1 Å². The minimum Gasteiger partial charge on any atom is -0.258 e. The van der Waals surface area contributed by atoms with Crippen molar-refractivity contribution in [2.45, 2.75) is 0 Å². The highest BCUT2D eigenvalue weighted by atomic mass is 16.6. The minimum atomic E-state index is -0.566. The smallest absolute Gasteiger partial charge is 0.258 e. The van der Waals surface area contributed by atoms with Crippen molar-refractivity contribution in [2.75, 3.05) is 0 Å². The van der Waals surface area contributed by atoms with Crippen molar-refractivity contribution in [1.29, 1.82) is 5.26 Å². The van der Waals surface area contributed by atoms with Crippen LogP contribution in [0, 0.1) is 31.6 Å². The Kier molecular flexibility index (Phi) is 4.24. The topological polar surface area (TPSA) is 110 Å². The van der Waals surface area contributed by atoms with Gasteiger partial charge in [-0.25, -0.2) is 0 Å².